The second kappa shape index (κ2) is 9.09. The molecule has 2 aromatic heterocycles. The Morgan fingerprint density at radius 2 is 1.77 bits per heavy atom. The van der Waals surface area contributed by atoms with Crippen LogP contribution in [0.25, 0.3) is 11.0 Å². The quantitative estimate of drug-likeness (QED) is 0.558. The van der Waals surface area contributed by atoms with Gasteiger partial charge in [-0.1, -0.05) is 37.7 Å². The van der Waals surface area contributed by atoms with Crippen LogP contribution in [0.5, 0.6) is 0 Å². The summed E-state index contributed by atoms with van der Waals surface area (Å²) in [7, 11) is 0. The Balaban J connectivity index is 1.96. The molecule has 0 bridgehead atoms. The molecule has 8 heteroatoms. The zero-order valence-corrected chi connectivity index (χ0v) is 18.0. The average molecular weight is 434 g/mol. The number of imide groups is 1. The van der Waals surface area contributed by atoms with Crippen LogP contribution in [0.2, 0.25) is 0 Å². The summed E-state index contributed by atoms with van der Waals surface area (Å²) in [5.41, 5.74) is 2.29. The first-order valence-electron chi connectivity index (χ1n) is 10.2. The van der Waals surface area contributed by atoms with E-state index in [9.17, 15) is 9.59 Å². The number of rotatable bonds is 5. The Morgan fingerprint density at radius 1 is 1.13 bits per heavy atom. The molecule has 2 aromatic rings. The maximum atomic E-state index is 13.7. The normalized spacial score (nSPS) is 15.0. The zero-order valence-electron chi connectivity index (χ0n) is 17.2. The molecule has 2 aliphatic heterocycles. The number of nitrogens with one attached hydrogen (secondary N) is 2. The molecular weight excluding hydrogens is 410 g/mol. The Morgan fingerprint density at radius 3 is 2.32 bits per heavy atom. The monoisotopic (exact) mass is 433 g/mol. The highest BCUT2D eigenvalue weighted by molar-refractivity contribution is 7.71. The number of dihydropyridines is 2. The zero-order chi connectivity index (χ0) is 21.8. The van der Waals surface area contributed by atoms with Gasteiger partial charge >= 0.3 is 0 Å². The Hall–Kier alpha value is -3.52. The molecule has 0 unspecified atom stereocenters. The minimum Gasteiger partial charge on any atom is -0.387 e. The van der Waals surface area contributed by atoms with E-state index in [1.807, 2.05) is 18.2 Å². The summed E-state index contributed by atoms with van der Waals surface area (Å²) in [5, 5.41) is 8.01. The lowest BCUT2D eigenvalue weighted by atomic mass is 10.1. The molecular formula is C23H23N5O2S. The van der Waals surface area contributed by atoms with Gasteiger partial charge in [0.15, 0.2) is 5.65 Å². The minimum atomic E-state index is -0.436. The van der Waals surface area contributed by atoms with E-state index in [1.54, 1.807) is 42.9 Å². The second-order valence-electron chi connectivity index (χ2n) is 7.24. The Kier molecular flexibility index (Phi) is 6.08. The lowest BCUT2D eigenvalue weighted by molar-refractivity contribution is -0.125. The smallest absolute Gasteiger partial charge is 0.278 e. The van der Waals surface area contributed by atoms with Crippen molar-refractivity contribution in [3.8, 4) is 0 Å². The number of hydrogen-bond donors (Lipinski definition) is 2. The number of nitrogens with zero attached hydrogens (tertiary/aromatic N) is 3. The highest BCUT2D eigenvalue weighted by Gasteiger charge is 2.31. The number of amides is 2. The van der Waals surface area contributed by atoms with Crippen LogP contribution < -0.4 is 15.6 Å². The topological polar surface area (TPSA) is 79.3 Å². The predicted molar refractivity (Wildman–Crippen MR) is 123 cm³/mol. The van der Waals surface area contributed by atoms with E-state index in [2.05, 4.69) is 22.5 Å². The van der Waals surface area contributed by atoms with E-state index in [1.165, 1.54) is 4.68 Å². The molecule has 4 heterocycles. The molecule has 0 spiro atoms. The molecule has 2 aliphatic rings. The summed E-state index contributed by atoms with van der Waals surface area (Å²) in [5.74, 6) is -0.872. The molecule has 0 saturated carbocycles. The van der Waals surface area contributed by atoms with Crippen LogP contribution in [-0.4, -0.2) is 34.6 Å². The first-order chi connectivity index (χ1) is 15.1. The number of fused-ring (bicyclic) bond motifs is 1. The van der Waals surface area contributed by atoms with Gasteiger partial charge in [0.1, 0.15) is 4.64 Å². The Bertz CT molecular complexity index is 1180. The van der Waals surface area contributed by atoms with Crippen molar-refractivity contribution in [3.05, 3.63) is 82.5 Å². The standard InChI is InChI=1S/C23H23N5O2S/c1-2-6-17-13-16-7-5-12-26-20(16)27(23(17)31)28(21(29)18-8-3-10-24-14-18)22(30)19-9-4-11-25-15-19/h3-5,7-13,24-25H,2,6,14-15H2,1H3. The van der Waals surface area contributed by atoms with E-state index >= 15 is 0 Å². The lowest BCUT2D eigenvalue weighted by Crippen LogP contribution is -2.49. The highest BCUT2D eigenvalue weighted by Crippen LogP contribution is 2.21. The van der Waals surface area contributed by atoms with Crippen molar-refractivity contribution in [1.29, 1.82) is 0 Å². The van der Waals surface area contributed by atoms with Crippen molar-refractivity contribution >= 4 is 35.1 Å². The summed E-state index contributed by atoms with van der Waals surface area (Å²) in [6.07, 6.45) is 13.7. The first-order valence-corrected chi connectivity index (χ1v) is 10.6. The van der Waals surface area contributed by atoms with Gasteiger partial charge in [-0.2, -0.15) is 5.01 Å². The third-order valence-electron chi connectivity index (χ3n) is 5.08. The number of carbonyl (C=O) groups excluding carboxylic acids is 2. The molecule has 0 radical (unpaired) electrons. The van der Waals surface area contributed by atoms with Crippen molar-refractivity contribution in [1.82, 2.24) is 20.3 Å². The maximum absolute atomic E-state index is 13.7. The minimum absolute atomic E-state index is 0.323. The van der Waals surface area contributed by atoms with Gasteiger partial charge in [-0.25, -0.2) is 9.66 Å². The molecule has 4 rings (SSSR count). The van der Waals surface area contributed by atoms with Crippen LogP contribution in [0, 0.1) is 4.64 Å². The summed E-state index contributed by atoms with van der Waals surface area (Å²) in [4.78, 5) is 31.8. The molecule has 0 saturated heterocycles. The van der Waals surface area contributed by atoms with Crippen molar-refractivity contribution in [3.63, 3.8) is 0 Å². The Labute approximate surface area is 185 Å². The van der Waals surface area contributed by atoms with Gasteiger partial charge in [-0.3, -0.25) is 9.59 Å². The van der Waals surface area contributed by atoms with E-state index < -0.39 is 11.8 Å². The largest absolute Gasteiger partial charge is 0.387 e. The third-order valence-corrected chi connectivity index (χ3v) is 5.51. The first kappa shape index (κ1) is 20.7. The van der Waals surface area contributed by atoms with E-state index in [-0.39, 0.29) is 0 Å². The van der Waals surface area contributed by atoms with Gasteiger partial charge in [0.2, 0.25) is 0 Å². The molecule has 158 valence electrons. The van der Waals surface area contributed by atoms with Crippen LogP contribution in [0.15, 0.2) is 72.2 Å². The lowest BCUT2D eigenvalue weighted by Gasteiger charge is -2.28. The number of allylic oxidation sites excluding steroid dienone is 4. The summed E-state index contributed by atoms with van der Waals surface area (Å²) in [6, 6.07) is 5.73. The van der Waals surface area contributed by atoms with Crippen LogP contribution in [0.1, 0.15) is 18.9 Å². The average Bonchev–Trinajstić information content (AvgIpc) is 2.82. The molecule has 0 atom stereocenters. The van der Waals surface area contributed by atoms with Crippen LogP contribution in [0.4, 0.5) is 0 Å². The second-order valence-corrected chi connectivity index (χ2v) is 7.63. The SMILES string of the molecule is CCCc1cc2cccnc2n(N(C(=O)C2=CC=CNC2)C(=O)C2=CC=CNC2)c1=S. The van der Waals surface area contributed by atoms with Crippen molar-refractivity contribution in [2.24, 2.45) is 0 Å². The van der Waals surface area contributed by atoms with Gasteiger partial charge in [0.05, 0.1) is 0 Å². The number of pyridine rings is 2. The van der Waals surface area contributed by atoms with Gasteiger partial charge in [-0.05, 0) is 54.7 Å². The number of carbonyl (C=O) groups is 2. The molecule has 0 aliphatic carbocycles. The number of hydrogen-bond acceptors (Lipinski definition) is 6. The fourth-order valence-corrected chi connectivity index (χ4v) is 3.90. The highest BCUT2D eigenvalue weighted by atomic mass is 32.1. The summed E-state index contributed by atoms with van der Waals surface area (Å²) in [6.45, 7) is 2.71. The van der Waals surface area contributed by atoms with Gasteiger partial charge in [-0.15, -0.1) is 0 Å². The summed E-state index contributed by atoms with van der Waals surface area (Å²) < 4.78 is 1.91. The fraction of sp³-hybridized carbons (Fsp3) is 0.217. The van der Waals surface area contributed by atoms with E-state index in [0.29, 0.717) is 34.5 Å². The predicted octanol–water partition coefficient (Wildman–Crippen LogP) is 2.80. The molecule has 0 aromatic carbocycles. The van der Waals surface area contributed by atoms with Crippen LogP contribution in [-0.2, 0) is 16.0 Å². The van der Waals surface area contributed by atoms with Gasteiger partial charge in [0.25, 0.3) is 11.8 Å². The fourth-order valence-electron chi connectivity index (χ4n) is 3.57. The molecule has 2 amide bonds. The van der Waals surface area contributed by atoms with Gasteiger partial charge in [0, 0.05) is 35.8 Å². The van der Waals surface area contributed by atoms with Crippen LogP contribution >= 0.6 is 12.2 Å². The maximum Gasteiger partial charge on any atom is 0.278 e. The molecule has 7 nitrogen and oxygen atoms in total. The van der Waals surface area contributed by atoms with E-state index in [4.69, 9.17) is 12.2 Å². The van der Waals surface area contributed by atoms with Crippen LogP contribution in [0.3, 0.4) is 0 Å². The van der Waals surface area contributed by atoms with Crippen molar-refractivity contribution in [2.75, 3.05) is 18.1 Å². The molecule has 2 N–H and O–H groups in total. The van der Waals surface area contributed by atoms with Gasteiger partial charge < -0.3 is 10.6 Å². The van der Waals surface area contributed by atoms with Crippen molar-refractivity contribution in [2.45, 2.75) is 19.8 Å². The third kappa shape index (κ3) is 4.06. The number of aromatic nitrogens is 2. The molecule has 31 heavy (non-hydrogen) atoms. The van der Waals surface area contributed by atoms with Crippen molar-refractivity contribution < 1.29 is 9.59 Å². The number of aryl methyl sites for hydroxylation is 1. The van der Waals surface area contributed by atoms with E-state index in [0.717, 1.165) is 28.8 Å². The molecule has 0 fully saturated rings. The summed E-state index contributed by atoms with van der Waals surface area (Å²) >= 11 is 5.78.